The van der Waals surface area contributed by atoms with Gasteiger partial charge in [-0.3, -0.25) is 4.79 Å². The molecule has 0 radical (unpaired) electrons. The zero-order chi connectivity index (χ0) is 17.4. The van der Waals surface area contributed by atoms with E-state index in [9.17, 15) is 9.18 Å². The molecule has 0 bridgehead atoms. The first-order chi connectivity index (χ1) is 11.6. The zero-order valence-electron chi connectivity index (χ0n) is 14.5. The average Bonchev–Trinajstić information content (AvgIpc) is 2.60. The van der Waals surface area contributed by atoms with Gasteiger partial charge in [-0.05, 0) is 56.3 Å². The Morgan fingerprint density at radius 1 is 1.42 bits per heavy atom. The summed E-state index contributed by atoms with van der Waals surface area (Å²) in [6, 6.07) is 6.61. The molecule has 0 aliphatic carbocycles. The fourth-order valence-corrected chi connectivity index (χ4v) is 3.09. The van der Waals surface area contributed by atoms with E-state index >= 15 is 0 Å². The number of hydrogen-bond donors (Lipinski definition) is 1. The van der Waals surface area contributed by atoms with E-state index in [-0.39, 0.29) is 23.7 Å². The molecule has 0 aromatic heterocycles. The smallest absolute Gasteiger partial charge is 0.225 e. The van der Waals surface area contributed by atoms with Gasteiger partial charge in [0.25, 0.3) is 0 Å². The Labute approximate surface area is 144 Å². The van der Waals surface area contributed by atoms with Crippen molar-refractivity contribution in [3.05, 3.63) is 35.6 Å². The normalized spacial score (nSPS) is 17.0. The number of halogens is 1. The number of piperidine rings is 1. The maximum Gasteiger partial charge on any atom is 0.225 e. The monoisotopic (exact) mass is 336 g/mol. The molecule has 24 heavy (non-hydrogen) atoms. The van der Waals surface area contributed by atoms with E-state index in [1.807, 2.05) is 17.9 Å². The van der Waals surface area contributed by atoms with Gasteiger partial charge in [-0.25, -0.2) is 4.39 Å². The SMILES string of the molecule is CC(CCc1cccc(F)c1)C(=O)N1CCC(OCCCN)CC1. The Kier molecular flexibility index (Phi) is 7.66. The Balaban J connectivity index is 1.71. The number of likely N-dealkylation sites (tertiary alicyclic amines) is 1. The molecule has 1 atom stereocenters. The lowest BCUT2D eigenvalue weighted by atomic mass is 9.98. The van der Waals surface area contributed by atoms with Crippen molar-refractivity contribution in [3.63, 3.8) is 0 Å². The molecule has 1 aromatic carbocycles. The average molecular weight is 336 g/mol. The summed E-state index contributed by atoms with van der Waals surface area (Å²) < 4.78 is 19.0. The van der Waals surface area contributed by atoms with E-state index in [2.05, 4.69) is 0 Å². The summed E-state index contributed by atoms with van der Waals surface area (Å²) in [5, 5.41) is 0. The van der Waals surface area contributed by atoms with E-state index in [1.54, 1.807) is 12.1 Å². The fraction of sp³-hybridized carbons (Fsp3) is 0.632. The van der Waals surface area contributed by atoms with Crippen molar-refractivity contribution in [2.45, 2.75) is 45.1 Å². The number of benzene rings is 1. The summed E-state index contributed by atoms with van der Waals surface area (Å²) in [6.45, 7) is 4.84. The highest BCUT2D eigenvalue weighted by Crippen LogP contribution is 2.19. The van der Waals surface area contributed by atoms with Gasteiger partial charge in [0.1, 0.15) is 5.82 Å². The van der Waals surface area contributed by atoms with Crippen LogP contribution >= 0.6 is 0 Å². The van der Waals surface area contributed by atoms with Gasteiger partial charge in [0.15, 0.2) is 0 Å². The van der Waals surface area contributed by atoms with Crippen molar-refractivity contribution in [1.29, 1.82) is 0 Å². The lowest BCUT2D eigenvalue weighted by Crippen LogP contribution is -2.43. The molecule has 5 heteroatoms. The number of nitrogens with two attached hydrogens (primary N) is 1. The molecule has 134 valence electrons. The number of amides is 1. The molecule has 1 unspecified atom stereocenters. The molecule has 1 aliphatic heterocycles. The van der Waals surface area contributed by atoms with Crippen molar-refractivity contribution in [3.8, 4) is 0 Å². The molecule has 2 rings (SSSR count). The summed E-state index contributed by atoms with van der Waals surface area (Å²) >= 11 is 0. The molecule has 1 amide bonds. The number of carbonyl (C=O) groups is 1. The Hall–Kier alpha value is -1.46. The molecule has 0 saturated carbocycles. The molecule has 1 fully saturated rings. The van der Waals surface area contributed by atoms with Crippen molar-refractivity contribution >= 4 is 5.91 Å². The highest BCUT2D eigenvalue weighted by molar-refractivity contribution is 5.78. The maximum absolute atomic E-state index is 13.2. The van der Waals surface area contributed by atoms with Crippen LogP contribution in [0.5, 0.6) is 0 Å². The minimum Gasteiger partial charge on any atom is -0.378 e. The number of hydrogen-bond acceptors (Lipinski definition) is 3. The van der Waals surface area contributed by atoms with E-state index in [1.165, 1.54) is 6.07 Å². The topological polar surface area (TPSA) is 55.6 Å². The van der Waals surface area contributed by atoms with E-state index in [4.69, 9.17) is 10.5 Å². The third-order valence-electron chi connectivity index (χ3n) is 4.63. The van der Waals surface area contributed by atoms with Gasteiger partial charge in [0.05, 0.1) is 6.10 Å². The highest BCUT2D eigenvalue weighted by Gasteiger charge is 2.26. The Bertz CT molecular complexity index is 516. The van der Waals surface area contributed by atoms with Gasteiger partial charge < -0.3 is 15.4 Å². The van der Waals surface area contributed by atoms with Crippen molar-refractivity contribution in [1.82, 2.24) is 4.90 Å². The maximum atomic E-state index is 13.2. The molecular formula is C19H29FN2O2. The van der Waals surface area contributed by atoms with Crippen LogP contribution in [0.2, 0.25) is 0 Å². The van der Waals surface area contributed by atoms with Crippen molar-refractivity contribution < 1.29 is 13.9 Å². The van der Waals surface area contributed by atoms with Crippen molar-refractivity contribution in [2.24, 2.45) is 11.7 Å². The number of ether oxygens (including phenoxy) is 1. The highest BCUT2D eigenvalue weighted by atomic mass is 19.1. The van der Waals surface area contributed by atoms with Gasteiger partial charge in [0.2, 0.25) is 5.91 Å². The number of aryl methyl sites for hydroxylation is 1. The molecule has 4 nitrogen and oxygen atoms in total. The first kappa shape index (κ1) is 18.9. The van der Waals surface area contributed by atoms with Gasteiger partial charge >= 0.3 is 0 Å². The second kappa shape index (κ2) is 9.74. The summed E-state index contributed by atoms with van der Waals surface area (Å²) in [7, 11) is 0. The van der Waals surface area contributed by atoms with Crippen LogP contribution in [0.4, 0.5) is 4.39 Å². The largest absolute Gasteiger partial charge is 0.378 e. The molecule has 1 aromatic rings. The van der Waals surface area contributed by atoms with Crippen molar-refractivity contribution in [2.75, 3.05) is 26.2 Å². The molecule has 1 heterocycles. The van der Waals surface area contributed by atoms with Crippen LogP contribution in [-0.4, -0.2) is 43.2 Å². The van der Waals surface area contributed by atoms with Crippen LogP contribution in [-0.2, 0) is 16.0 Å². The Morgan fingerprint density at radius 2 is 2.17 bits per heavy atom. The van der Waals surface area contributed by atoms with Crippen LogP contribution in [0.15, 0.2) is 24.3 Å². The molecule has 0 spiro atoms. The summed E-state index contributed by atoms with van der Waals surface area (Å²) in [5.41, 5.74) is 6.41. The predicted octanol–water partition coefficient (Wildman–Crippen LogP) is 2.75. The minimum absolute atomic E-state index is 0.0389. The Morgan fingerprint density at radius 3 is 2.83 bits per heavy atom. The van der Waals surface area contributed by atoms with Crippen LogP contribution in [0.1, 0.15) is 38.2 Å². The quantitative estimate of drug-likeness (QED) is 0.743. The molecule has 2 N–H and O–H groups in total. The fourth-order valence-electron chi connectivity index (χ4n) is 3.09. The first-order valence-electron chi connectivity index (χ1n) is 8.95. The molecule has 1 saturated heterocycles. The number of nitrogens with zero attached hydrogens (tertiary/aromatic N) is 1. The second-order valence-electron chi connectivity index (χ2n) is 6.61. The first-order valence-corrected chi connectivity index (χ1v) is 8.95. The lowest BCUT2D eigenvalue weighted by Gasteiger charge is -2.33. The van der Waals surface area contributed by atoms with Gasteiger partial charge in [0, 0.05) is 25.6 Å². The molecule has 1 aliphatic rings. The summed E-state index contributed by atoms with van der Waals surface area (Å²) in [6.07, 6.45) is 4.40. The van der Waals surface area contributed by atoms with E-state index in [0.717, 1.165) is 50.8 Å². The third-order valence-corrected chi connectivity index (χ3v) is 4.63. The van der Waals surface area contributed by atoms with Crippen LogP contribution < -0.4 is 5.73 Å². The van der Waals surface area contributed by atoms with E-state index in [0.29, 0.717) is 13.2 Å². The number of rotatable bonds is 8. The van der Waals surface area contributed by atoms with Crippen LogP contribution in [0.3, 0.4) is 0 Å². The molecular weight excluding hydrogens is 307 g/mol. The van der Waals surface area contributed by atoms with Gasteiger partial charge in [-0.1, -0.05) is 19.1 Å². The second-order valence-corrected chi connectivity index (χ2v) is 6.61. The van der Waals surface area contributed by atoms with Gasteiger partial charge in [-0.15, -0.1) is 0 Å². The lowest BCUT2D eigenvalue weighted by molar-refractivity contribution is -0.137. The summed E-state index contributed by atoms with van der Waals surface area (Å²) in [5.74, 6) is -0.0574. The zero-order valence-corrected chi connectivity index (χ0v) is 14.5. The standard InChI is InChI=1S/C19H29FN2O2/c1-15(6-7-16-4-2-5-17(20)14-16)19(23)22-11-8-18(9-12-22)24-13-3-10-21/h2,4-5,14-15,18H,3,6-13,21H2,1H3. The minimum atomic E-state index is -0.219. The van der Waals surface area contributed by atoms with E-state index < -0.39 is 0 Å². The predicted molar refractivity (Wildman–Crippen MR) is 93.1 cm³/mol. The number of carbonyl (C=O) groups excluding carboxylic acids is 1. The van der Waals surface area contributed by atoms with Crippen LogP contribution in [0, 0.1) is 11.7 Å². The summed E-state index contributed by atoms with van der Waals surface area (Å²) in [4.78, 5) is 14.5. The third kappa shape index (κ3) is 5.87. The van der Waals surface area contributed by atoms with Crippen LogP contribution in [0.25, 0.3) is 0 Å². The van der Waals surface area contributed by atoms with Gasteiger partial charge in [-0.2, -0.15) is 0 Å².